The molecule has 0 aromatic heterocycles. The molecule has 0 saturated heterocycles. The second-order valence-electron chi connectivity index (χ2n) is 12.3. The average molecular weight is 463 g/mol. The third-order valence-electron chi connectivity index (χ3n) is 4.43. The molecule has 0 radical (unpaired) electrons. The zero-order valence-electron chi connectivity index (χ0n) is 22.8. The van der Waals surface area contributed by atoms with E-state index in [-0.39, 0.29) is 24.0 Å². The van der Waals surface area contributed by atoms with Crippen LogP contribution in [0.3, 0.4) is 0 Å². The van der Waals surface area contributed by atoms with Gasteiger partial charge < -0.3 is 9.47 Å². The average Bonchev–Trinajstić information content (AvgIpc) is 2.55. The Morgan fingerprint density at radius 2 is 0.938 bits per heavy atom. The molecule has 0 spiro atoms. The molecule has 0 heterocycles. The molecular formula is C25H50O7. The Labute approximate surface area is 196 Å². The molecule has 0 N–H and O–H groups in total. The first-order chi connectivity index (χ1) is 14.4. The highest BCUT2D eigenvalue weighted by molar-refractivity contribution is 5.60. The number of hydrogen-bond donors (Lipinski definition) is 0. The van der Waals surface area contributed by atoms with Gasteiger partial charge in [0, 0.05) is 0 Å². The van der Waals surface area contributed by atoms with Crippen molar-refractivity contribution in [2.45, 2.75) is 132 Å². The van der Waals surface area contributed by atoms with Gasteiger partial charge in [-0.15, -0.1) is 0 Å². The van der Waals surface area contributed by atoms with Crippen molar-refractivity contribution in [3.8, 4) is 0 Å². The molecule has 0 amide bonds. The van der Waals surface area contributed by atoms with Crippen LogP contribution in [-0.2, 0) is 29.0 Å². The summed E-state index contributed by atoms with van der Waals surface area (Å²) in [6.07, 6.45) is 1.13. The number of carbonyl (C=O) groups excluding carboxylic acids is 1. The van der Waals surface area contributed by atoms with Crippen molar-refractivity contribution in [2.75, 3.05) is 13.2 Å². The fraction of sp³-hybridized carbons (Fsp3) is 0.960. The van der Waals surface area contributed by atoms with Gasteiger partial charge >= 0.3 is 6.16 Å². The lowest BCUT2D eigenvalue weighted by Crippen LogP contribution is -2.34. The number of hydrogen-bond acceptors (Lipinski definition) is 7. The van der Waals surface area contributed by atoms with Crippen molar-refractivity contribution in [3.05, 3.63) is 0 Å². The lowest BCUT2D eigenvalue weighted by atomic mass is 9.84. The molecule has 0 saturated carbocycles. The van der Waals surface area contributed by atoms with Gasteiger partial charge in [0.05, 0.1) is 11.2 Å². The van der Waals surface area contributed by atoms with Gasteiger partial charge in [0.15, 0.2) is 0 Å². The van der Waals surface area contributed by atoms with E-state index in [1.165, 1.54) is 0 Å². The Balaban J connectivity index is 4.44. The number of ether oxygens (including phenoxy) is 2. The summed E-state index contributed by atoms with van der Waals surface area (Å²) in [5, 5.41) is 0. The van der Waals surface area contributed by atoms with Gasteiger partial charge in [0.25, 0.3) is 0 Å². The van der Waals surface area contributed by atoms with Gasteiger partial charge in [-0.1, -0.05) is 55.4 Å². The van der Waals surface area contributed by atoms with E-state index in [0.717, 1.165) is 12.8 Å². The molecule has 0 aliphatic carbocycles. The maximum Gasteiger partial charge on any atom is 0.508 e. The molecule has 0 rings (SSSR count). The van der Waals surface area contributed by atoms with E-state index in [9.17, 15) is 4.79 Å². The van der Waals surface area contributed by atoms with Gasteiger partial charge in [0.1, 0.15) is 25.4 Å². The van der Waals surface area contributed by atoms with Crippen molar-refractivity contribution >= 4 is 6.16 Å². The minimum atomic E-state index is -0.751. The smallest absolute Gasteiger partial charge is 0.428 e. The fourth-order valence-electron chi connectivity index (χ4n) is 3.92. The van der Waals surface area contributed by atoms with E-state index in [0.29, 0.717) is 12.8 Å². The van der Waals surface area contributed by atoms with Crippen LogP contribution in [0.15, 0.2) is 0 Å². The second-order valence-corrected chi connectivity index (χ2v) is 12.3. The van der Waals surface area contributed by atoms with Crippen LogP contribution in [0.25, 0.3) is 0 Å². The summed E-state index contributed by atoms with van der Waals surface area (Å²) in [5.41, 5.74) is -0.661. The Hall–Kier alpha value is -0.890. The molecule has 0 aliphatic heterocycles. The highest BCUT2D eigenvalue weighted by Crippen LogP contribution is 2.30. The minimum Gasteiger partial charge on any atom is -0.428 e. The first-order valence-electron chi connectivity index (χ1n) is 11.9. The fourth-order valence-corrected chi connectivity index (χ4v) is 3.92. The van der Waals surface area contributed by atoms with Crippen molar-refractivity contribution in [3.63, 3.8) is 0 Å². The summed E-state index contributed by atoms with van der Waals surface area (Å²) in [4.78, 5) is 34.2. The van der Waals surface area contributed by atoms with Crippen molar-refractivity contribution in [1.82, 2.24) is 0 Å². The normalized spacial score (nSPS) is 15.4. The van der Waals surface area contributed by atoms with Crippen LogP contribution in [0, 0.1) is 10.8 Å². The highest BCUT2D eigenvalue weighted by atomic mass is 17.2. The van der Waals surface area contributed by atoms with E-state index in [1.807, 2.05) is 41.5 Å². The van der Waals surface area contributed by atoms with E-state index in [1.54, 1.807) is 0 Å². The summed E-state index contributed by atoms with van der Waals surface area (Å²) in [6, 6.07) is 0. The largest absolute Gasteiger partial charge is 0.508 e. The Bertz CT molecular complexity index is 483. The van der Waals surface area contributed by atoms with E-state index in [4.69, 9.17) is 29.0 Å². The molecule has 32 heavy (non-hydrogen) atoms. The second kappa shape index (κ2) is 13.1. The molecule has 0 aromatic rings. The van der Waals surface area contributed by atoms with Crippen molar-refractivity contribution in [2.24, 2.45) is 10.8 Å². The summed E-state index contributed by atoms with van der Waals surface area (Å²) < 4.78 is 10.8. The molecule has 0 aliphatic rings. The van der Waals surface area contributed by atoms with Crippen LogP contribution in [0.1, 0.15) is 109 Å². The Morgan fingerprint density at radius 1 is 0.625 bits per heavy atom. The molecule has 7 nitrogen and oxygen atoms in total. The number of carbonyl (C=O) groups is 1. The zero-order valence-corrected chi connectivity index (χ0v) is 22.8. The number of rotatable bonds is 14. The monoisotopic (exact) mass is 462 g/mol. The van der Waals surface area contributed by atoms with Crippen molar-refractivity contribution in [1.29, 1.82) is 0 Å². The molecule has 0 fully saturated rings. The molecule has 192 valence electrons. The molecular weight excluding hydrogens is 412 g/mol. The summed E-state index contributed by atoms with van der Waals surface area (Å²) in [7, 11) is 0. The van der Waals surface area contributed by atoms with Gasteiger partial charge in [-0.2, -0.15) is 0 Å². The lowest BCUT2D eigenvalue weighted by Gasteiger charge is -2.31. The highest BCUT2D eigenvalue weighted by Gasteiger charge is 2.29. The van der Waals surface area contributed by atoms with Gasteiger partial charge in [-0.05, 0) is 64.2 Å². The molecule has 0 bridgehead atoms. The first-order valence-corrected chi connectivity index (χ1v) is 11.9. The SMILES string of the molecule is CCC(COOC(C)(C)CC(C)(C)C)OC(=O)OC(CC)COOC(C)(C)CC(C)(C)C. The molecule has 2 atom stereocenters. The van der Waals surface area contributed by atoms with Gasteiger partial charge in [-0.25, -0.2) is 24.3 Å². The Morgan fingerprint density at radius 3 is 1.19 bits per heavy atom. The maximum absolute atomic E-state index is 12.2. The quantitative estimate of drug-likeness (QED) is 0.156. The van der Waals surface area contributed by atoms with E-state index >= 15 is 0 Å². The predicted molar refractivity (Wildman–Crippen MR) is 126 cm³/mol. The third-order valence-corrected chi connectivity index (χ3v) is 4.43. The minimum absolute atomic E-state index is 0.111. The van der Waals surface area contributed by atoms with Crippen LogP contribution in [-0.4, -0.2) is 42.8 Å². The third kappa shape index (κ3) is 16.7. The molecule has 7 heteroatoms. The van der Waals surface area contributed by atoms with Crippen LogP contribution >= 0.6 is 0 Å². The molecule has 0 aromatic carbocycles. The first kappa shape index (κ1) is 31.1. The van der Waals surface area contributed by atoms with Gasteiger partial charge in [0.2, 0.25) is 0 Å². The standard InChI is InChI=1S/C25H50O7/c1-13-19(15-27-31-24(9,10)17-22(3,4)5)29-21(26)30-20(14-2)16-28-32-25(11,12)18-23(6,7)8/h19-20H,13-18H2,1-12H3. The van der Waals surface area contributed by atoms with Gasteiger partial charge in [-0.3, -0.25) is 0 Å². The van der Waals surface area contributed by atoms with Crippen LogP contribution in [0.2, 0.25) is 0 Å². The predicted octanol–water partition coefficient (Wildman–Crippen LogP) is 7.02. The molecule has 2 unspecified atom stereocenters. The summed E-state index contributed by atoms with van der Waals surface area (Å²) >= 11 is 0. The Kier molecular flexibility index (Phi) is 12.7. The summed E-state index contributed by atoms with van der Waals surface area (Å²) in [5.74, 6) is 0. The zero-order chi connectivity index (χ0) is 25.2. The van der Waals surface area contributed by atoms with Crippen molar-refractivity contribution < 1.29 is 33.8 Å². The summed E-state index contributed by atoms with van der Waals surface area (Å²) in [6.45, 7) is 24.9. The van der Waals surface area contributed by atoms with E-state index in [2.05, 4.69) is 41.5 Å². The van der Waals surface area contributed by atoms with E-state index < -0.39 is 29.6 Å². The topological polar surface area (TPSA) is 72.5 Å². The van der Waals surface area contributed by atoms with Crippen LogP contribution in [0.5, 0.6) is 0 Å². The maximum atomic E-state index is 12.2. The lowest BCUT2D eigenvalue weighted by molar-refractivity contribution is -0.366. The van der Waals surface area contributed by atoms with Crippen LogP contribution in [0.4, 0.5) is 4.79 Å². The van der Waals surface area contributed by atoms with Crippen LogP contribution < -0.4 is 0 Å².